The van der Waals surface area contributed by atoms with Gasteiger partial charge in [-0.15, -0.1) is 0 Å². The Bertz CT molecular complexity index is 1060. The molecule has 1 unspecified atom stereocenters. The van der Waals surface area contributed by atoms with Crippen molar-refractivity contribution in [3.63, 3.8) is 0 Å². The number of aliphatic imine (C=N–C) groups is 1. The number of benzene rings is 1. The lowest BCUT2D eigenvalue weighted by atomic mass is 10.0. The zero-order valence-corrected chi connectivity index (χ0v) is 21.1. The SMILES string of the molecule is CC(C)[C@H](N=C1NS(=O)(=O)c2ccccc21)C(=O)N1CCN(CC(=O)N2CCCCC2C)CC1. The molecule has 0 saturated carbocycles. The van der Waals surface area contributed by atoms with Crippen molar-refractivity contribution in [3.8, 4) is 0 Å². The Morgan fingerprint density at radius 2 is 1.79 bits per heavy atom. The van der Waals surface area contributed by atoms with Gasteiger partial charge in [0.2, 0.25) is 11.8 Å². The molecule has 0 aromatic heterocycles. The first-order chi connectivity index (χ1) is 16.2. The van der Waals surface area contributed by atoms with E-state index in [1.54, 1.807) is 23.1 Å². The number of hydrogen-bond donors (Lipinski definition) is 1. The molecular weight excluding hydrogens is 454 g/mol. The smallest absolute Gasteiger partial charge is 0.263 e. The maximum atomic E-state index is 13.4. The second-order valence-corrected chi connectivity index (χ2v) is 11.5. The van der Waals surface area contributed by atoms with E-state index in [1.807, 2.05) is 18.7 Å². The summed E-state index contributed by atoms with van der Waals surface area (Å²) < 4.78 is 27.3. The van der Waals surface area contributed by atoms with Crippen molar-refractivity contribution in [2.75, 3.05) is 39.3 Å². The van der Waals surface area contributed by atoms with Crippen LogP contribution in [0.1, 0.15) is 45.6 Å². The van der Waals surface area contributed by atoms with E-state index in [0.29, 0.717) is 44.3 Å². The highest BCUT2D eigenvalue weighted by Gasteiger charge is 2.35. The van der Waals surface area contributed by atoms with Crippen LogP contribution in [0.4, 0.5) is 0 Å². The van der Waals surface area contributed by atoms with Crippen LogP contribution in [0, 0.1) is 5.92 Å². The van der Waals surface area contributed by atoms with E-state index in [1.165, 1.54) is 12.5 Å². The van der Waals surface area contributed by atoms with Crippen molar-refractivity contribution in [1.29, 1.82) is 0 Å². The number of carbonyl (C=O) groups is 2. The van der Waals surface area contributed by atoms with Crippen molar-refractivity contribution in [1.82, 2.24) is 19.4 Å². The van der Waals surface area contributed by atoms with Crippen LogP contribution in [0.3, 0.4) is 0 Å². The van der Waals surface area contributed by atoms with Gasteiger partial charge in [0.25, 0.3) is 10.0 Å². The number of sulfonamides is 1. The first-order valence-electron chi connectivity index (χ1n) is 12.2. The molecule has 2 saturated heterocycles. The lowest BCUT2D eigenvalue weighted by Gasteiger charge is -2.38. The summed E-state index contributed by atoms with van der Waals surface area (Å²) in [4.78, 5) is 36.8. The van der Waals surface area contributed by atoms with Crippen LogP contribution in [0.15, 0.2) is 34.2 Å². The van der Waals surface area contributed by atoms with Gasteiger partial charge in [0, 0.05) is 44.3 Å². The van der Waals surface area contributed by atoms with E-state index in [4.69, 9.17) is 0 Å². The lowest BCUT2D eigenvalue weighted by molar-refractivity contribution is -0.138. The van der Waals surface area contributed by atoms with Crippen LogP contribution < -0.4 is 4.72 Å². The fourth-order valence-corrected chi connectivity index (χ4v) is 6.16. The molecule has 3 aliphatic rings. The minimum Gasteiger partial charge on any atom is -0.339 e. The Labute approximate surface area is 202 Å². The number of piperidine rings is 1. The highest BCUT2D eigenvalue weighted by Crippen LogP contribution is 2.24. The first-order valence-corrected chi connectivity index (χ1v) is 13.7. The molecule has 9 nitrogen and oxygen atoms in total. The highest BCUT2D eigenvalue weighted by molar-refractivity contribution is 7.90. The van der Waals surface area contributed by atoms with E-state index in [0.717, 1.165) is 19.4 Å². The molecule has 0 spiro atoms. The number of nitrogens with zero attached hydrogens (tertiary/aromatic N) is 4. The Balaban J connectivity index is 1.39. The third kappa shape index (κ3) is 5.12. The third-order valence-electron chi connectivity index (χ3n) is 6.98. The van der Waals surface area contributed by atoms with E-state index < -0.39 is 16.1 Å². The standard InChI is InChI=1S/C24H35N5O4S/c1-17(2)22(25-23-19-9-4-5-10-20(19)34(32,33)26-23)24(31)28-14-12-27(13-15-28)16-21(30)29-11-7-6-8-18(29)3/h4-5,9-10,17-18,22H,6-8,11-16H2,1-3H3,(H,25,26)/t18?,22-/m0/s1. The fraction of sp³-hybridized carbons (Fsp3) is 0.625. The number of piperazine rings is 1. The number of likely N-dealkylation sites (tertiary alicyclic amines) is 1. The Kier molecular flexibility index (Phi) is 7.28. The summed E-state index contributed by atoms with van der Waals surface area (Å²) in [5.74, 6) is 0.187. The molecule has 0 radical (unpaired) electrons. The molecule has 1 aromatic rings. The van der Waals surface area contributed by atoms with Crippen LogP contribution in [-0.4, -0.2) is 92.1 Å². The molecular formula is C24H35N5O4S. The van der Waals surface area contributed by atoms with Crippen molar-refractivity contribution in [2.45, 2.75) is 57.0 Å². The lowest BCUT2D eigenvalue weighted by Crippen LogP contribution is -2.55. The molecule has 10 heteroatoms. The predicted octanol–water partition coefficient (Wildman–Crippen LogP) is 1.29. The molecule has 0 aliphatic carbocycles. The summed E-state index contributed by atoms with van der Waals surface area (Å²) in [5, 5.41) is 0. The summed E-state index contributed by atoms with van der Waals surface area (Å²) >= 11 is 0. The van der Waals surface area contributed by atoms with Crippen LogP contribution >= 0.6 is 0 Å². The highest BCUT2D eigenvalue weighted by atomic mass is 32.2. The van der Waals surface area contributed by atoms with Gasteiger partial charge in [0.05, 0.1) is 11.4 Å². The molecule has 2 amide bonds. The number of rotatable bonds is 5. The molecule has 3 aliphatic heterocycles. The minimum atomic E-state index is -3.66. The molecule has 2 atom stereocenters. The average molecular weight is 490 g/mol. The molecule has 34 heavy (non-hydrogen) atoms. The van der Waals surface area contributed by atoms with Crippen molar-refractivity contribution in [3.05, 3.63) is 29.8 Å². The van der Waals surface area contributed by atoms with Gasteiger partial charge in [0.1, 0.15) is 11.9 Å². The maximum absolute atomic E-state index is 13.4. The van der Waals surface area contributed by atoms with Gasteiger partial charge in [0.15, 0.2) is 0 Å². The zero-order chi connectivity index (χ0) is 24.5. The topological polar surface area (TPSA) is 102 Å². The largest absolute Gasteiger partial charge is 0.339 e. The predicted molar refractivity (Wildman–Crippen MR) is 130 cm³/mol. The van der Waals surface area contributed by atoms with E-state index >= 15 is 0 Å². The number of nitrogens with one attached hydrogen (secondary N) is 1. The van der Waals surface area contributed by atoms with Crippen molar-refractivity contribution in [2.24, 2.45) is 10.9 Å². The number of amidine groups is 1. The van der Waals surface area contributed by atoms with Gasteiger partial charge in [-0.2, -0.15) is 0 Å². The summed E-state index contributed by atoms with van der Waals surface area (Å²) in [6, 6.07) is 6.28. The van der Waals surface area contributed by atoms with Crippen LogP contribution in [-0.2, 0) is 19.6 Å². The van der Waals surface area contributed by atoms with Crippen LogP contribution in [0.5, 0.6) is 0 Å². The summed E-state index contributed by atoms with van der Waals surface area (Å²) in [6.07, 6.45) is 3.31. The number of fused-ring (bicyclic) bond motifs is 1. The van der Waals surface area contributed by atoms with Gasteiger partial charge >= 0.3 is 0 Å². The average Bonchev–Trinajstić information content (AvgIpc) is 3.07. The van der Waals surface area contributed by atoms with Gasteiger partial charge in [-0.05, 0) is 44.2 Å². The molecule has 0 bridgehead atoms. The second-order valence-electron chi connectivity index (χ2n) is 9.80. The zero-order valence-electron chi connectivity index (χ0n) is 20.2. The van der Waals surface area contributed by atoms with Crippen molar-refractivity contribution < 1.29 is 18.0 Å². The summed E-state index contributed by atoms with van der Waals surface area (Å²) in [6.45, 7) is 9.49. The Morgan fingerprint density at radius 1 is 1.09 bits per heavy atom. The fourth-order valence-electron chi connectivity index (χ4n) is 4.92. The molecule has 186 valence electrons. The number of carbonyl (C=O) groups excluding carboxylic acids is 2. The monoisotopic (exact) mass is 489 g/mol. The van der Waals surface area contributed by atoms with Crippen LogP contribution in [0.25, 0.3) is 0 Å². The van der Waals surface area contributed by atoms with Crippen molar-refractivity contribution >= 4 is 27.7 Å². The molecule has 2 fully saturated rings. The number of amides is 2. The van der Waals surface area contributed by atoms with Gasteiger partial charge in [-0.3, -0.25) is 24.2 Å². The normalized spacial score (nSPS) is 24.7. The van der Waals surface area contributed by atoms with Crippen LogP contribution in [0.2, 0.25) is 0 Å². The minimum absolute atomic E-state index is 0.0996. The summed E-state index contributed by atoms with van der Waals surface area (Å²) in [5.41, 5.74) is 0.497. The maximum Gasteiger partial charge on any atom is 0.263 e. The third-order valence-corrected chi connectivity index (χ3v) is 8.38. The second kappa shape index (κ2) is 10.0. The van der Waals surface area contributed by atoms with E-state index in [-0.39, 0.29) is 28.5 Å². The van der Waals surface area contributed by atoms with Gasteiger partial charge < -0.3 is 9.80 Å². The first kappa shape index (κ1) is 24.7. The Hall–Kier alpha value is -2.46. The quantitative estimate of drug-likeness (QED) is 0.672. The summed E-state index contributed by atoms with van der Waals surface area (Å²) in [7, 11) is -3.66. The molecule has 3 heterocycles. The molecule has 1 N–H and O–H groups in total. The van der Waals surface area contributed by atoms with E-state index in [2.05, 4.69) is 21.5 Å². The van der Waals surface area contributed by atoms with Gasteiger partial charge in [-0.25, -0.2) is 8.42 Å². The Morgan fingerprint density at radius 3 is 2.47 bits per heavy atom. The molecule has 4 rings (SSSR count). The molecule has 1 aromatic carbocycles. The number of hydrogen-bond acceptors (Lipinski definition) is 6. The van der Waals surface area contributed by atoms with E-state index in [9.17, 15) is 18.0 Å². The van der Waals surface area contributed by atoms with Gasteiger partial charge in [-0.1, -0.05) is 26.0 Å².